The summed E-state index contributed by atoms with van der Waals surface area (Å²) in [7, 11) is 0. The quantitative estimate of drug-likeness (QED) is 0.873. The summed E-state index contributed by atoms with van der Waals surface area (Å²) < 4.78 is 5.26. The SMILES string of the molecule is CC(NC(=O)CSCc1ccco1)C1CC2CCC1C2. The Kier molecular flexibility index (Phi) is 4.39. The van der Waals surface area contributed by atoms with Gasteiger partial charge in [0.2, 0.25) is 5.91 Å². The van der Waals surface area contributed by atoms with Crippen LogP contribution >= 0.6 is 11.8 Å². The Morgan fingerprint density at radius 3 is 3.05 bits per heavy atom. The van der Waals surface area contributed by atoms with Crippen LogP contribution in [-0.4, -0.2) is 17.7 Å². The molecule has 0 aliphatic heterocycles. The molecule has 1 amide bonds. The number of carbonyl (C=O) groups excluding carboxylic acids is 1. The van der Waals surface area contributed by atoms with E-state index in [1.165, 1.54) is 25.7 Å². The summed E-state index contributed by atoms with van der Waals surface area (Å²) in [4.78, 5) is 12.0. The summed E-state index contributed by atoms with van der Waals surface area (Å²) >= 11 is 1.61. The van der Waals surface area contributed by atoms with Crippen LogP contribution in [0.4, 0.5) is 0 Å². The number of furan rings is 1. The van der Waals surface area contributed by atoms with Crippen LogP contribution in [0.3, 0.4) is 0 Å². The molecular weight excluding hydrogens is 270 g/mol. The van der Waals surface area contributed by atoms with Gasteiger partial charge in [0.25, 0.3) is 0 Å². The molecule has 1 aromatic rings. The van der Waals surface area contributed by atoms with Gasteiger partial charge in [-0.25, -0.2) is 0 Å². The Balaban J connectivity index is 1.38. The molecule has 20 heavy (non-hydrogen) atoms. The van der Waals surface area contributed by atoms with Crippen molar-refractivity contribution in [3.63, 3.8) is 0 Å². The molecule has 2 aliphatic rings. The van der Waals surface area contributed by atoms with E-state index in [1.807, 2.05) is 12.1 Å². The third kappa shape index (κ3) is 3.22. The maximum atomic E-state index is 12.0. The van der Waals surface area contributed by atoms with Gasteiger partial charge in [-0.1, -0.05) is 6.42 Å². The minimum absolute atomic E-state index is 0.164. The van der Waals surface area contributed by atoms with Crippen molar-refractivity contribution in [3.8, 4) is 0 Å². The van der Waals surface area contributed by atoms with Gasteiger partial charge in [-0.05, 0) is 56.1 Å². The van der Waals surface area contributed by atoms with Gasteiger partial charge in [0.1, 0.15) is 5.76 Å². The van der Waals surface area contributed by atoms with Crippen molar-refractivity contribution in [2.24, 2.45) is 17.8 Å². The zero-order chi connectivity index (χ0) is 13.9. The average molecular weight is 293 g/mol. The monoisotopic (exact) mass is 293 g/mol. The van der Waals surface area contributed by atoms with E-state index in [2.05, 4.69) is 12.2 Å². The largest absolute Gasteiger partial charge is 0.468 e. The second-order valence-corrected chi connectivity index (χ2v) is 7.25. The zero-order valence-electron chi connectivity index (χ0n) is 12.0. The van der Waals surface area contributed by atoms with Gasteiger partial charge >= 0.3 is 0 Å². The highest BCUT2D eigenvalue weighted by molar-refractivity contribution is 7.99. The Morgan fingerprint density at radius 2 is 2.40 bits per heavy atom. The van der Waals surface area contributed by atoms with Gasteiger partial charge in [-0.15, -0.1) is 11.8 Å². The number of thioether (sulfide) groups is 1. The molecule has 0 aromatic carbocycles. The van der Waals surface area contributed by atoms with Crippen molar-refractivity contribution in [2.45, 2.75) is 44.4 Å². The van der Waals surface area contributed by atoms with Crippen LogP contribution in [0.25, 0.3) is 0 Å². The smallest absolute Gasteiger partial charge is 0.230 e. The number of nitrogens with one attached hydrogen (secondary N) is 1. The summed E-state index contributed by atoms with van der Waals surface area (Å²) in [6, 6.07) is 4.16. The van der Waals surface area contributed by atoms with E-state index in [9.17, 15) is 4.79 Å². The van der Waals surface area contributed by atoms with E-state index in [0.717, 1.165) is 23.3 Å². The molecule has 1 aromatic heterocycles. The highest BCUT2D eigenvalue weighted by Gasteiger charge is 2.42. The summed E-state index contributed by atoms with van der Waals surface area (Å²) in [5, 5.41) is 3.20. The molecule has 4 unspecified atom stereocenters. The first kappa shape index (κ1) is 14.1. The summed E-state index contributed by atoms with van der Waals surface area (Å²) in [6.07, 6.45) is 7.20. The fourth-order valence-corrected chi connectivity index (χ4v) is 4.68. The Morgan fingerprint density at radius 1 is 1.50 bits per heavy atom. The predicted molar refractivity (Wildman–Crippen MR) is 81.4 cm³/mol. The van der Waals surface area contributed by atoms with Crippen LogP contribution in [0, 0.1) is 17.8 Å². The van der Waals surface area contributed by atoms with Gasteiger partial charge in [0.05, 0.1) is 17.8 Å². The molecule has 0 spiro atoms. The third-order valence-corrected chi connectivity index (χ3v) is 5.84. The molecule has 2 bridgehead atoms. The second-order valence-electron chi connectivity index (χ2n) is 6.27. The minimum Gasteiger partial charge on any atom is -0.468 e. The fourth-order valence-electron chi connectivity index (χ4n) is 3.95. The number of hydrogen-bond donors (Lipinski definition) is 1. The third-order valence-electron chi connectivity index (χ3n) is 4.88. The molecule has 2 fully saturated rings. The van der Waals surface area contributed by atoms with Gasteiger partial charge in [0, 0.05) is 6.04 Å². The topological polar surface area (TPSA) is 42.2 Å². The lowest BCUT2D eigenvalue weighted by atomic mass is 9.84. The van der Waals surface area contributed by atoms with Crippen molar-refractivity contribution >= 4 is 17.7 Å². The van der Waals surface area contributed by atoms with E-state index < -0.39 is 0 Å². The molecule has 0 saturated heterocycles. The molecule has 3 nitrogen and oxygen atoms in total. The second kappa shape index (κ2) is 6.25. The first-order chi connectivity index (χ1) is 9.72. The summed E-state index contributed by atoms with van der Waals surface area (Å²) in [5.41, 5.74) is 0. The number of carbonyl (C=O) groups is 1. The highest BCUT2D eigenvalue weighted by Crippen LogP contribution is 2.49. The maximum absolute atomic E-state index is 12.0. The molecular formula is C16H23NO2S. The molecule has 0 radical (unpaired) electrons. The van der Waals surface area contributed by atoms with Crippen LogP contribution in [0.1, 0.15) is 38.4 Å². The van der Waals surface area contributed by atoms with Gasteiger partial charge in [-0.3, -0.25) is 4.79 Å². The molecule has 110 valence electrons. The Hall–Kier alpha value is -0.900. The van der Waals surface area contributed by atoms with E-state index >= 15 is 0 Å². The standard InChI is InChI=1S/C16H23NO2S/c1-11(15-8-12-4-5-13(15)7-12)17-16(18)10-20-9-14-3-2-6-19-14/h2-3,6,11-13,15H,4-5,7-10H2,1H3,(H,17,18). The number of hydrogen-bond acceptors (Lipinski definition) is 3. The molecule has 1 N–H and O–H groups in total. The zero-order valence-corrected chi connectivity index (χ0v) is 12.8. The lowest BCUT2D eigenvalue weighted by Gasteiger charge is -2.28. The number of fused-ring (bicyclic) bond motifs is 2. The van der Waals surface area contributed by atoms with Crippen LogP contribution in [0.5, 0.6) is 0 Å². The van der Waals surface area contributed by atoms with Crippen molar-refractivity contribution in [3.05, 3.63) is 24.2 Å². The van der Waals surface area contributed by atoms with E-state index in [0.29, 0.717) is 17.7 Å². The average Bonchev–Trinajstić information content (AvgIpc) is 3.15. The van der Waals surface area contributed by atoms with E-state index in [4.69, 9.17) is 4.42 Å². The van der Waals surface area contributed by atoms with Crippen LogP contribution in [-0.2, 0) is 10.5 Å². The summed E-state index contributed by atoms with van der Waals surface area (Å²) in [5.74, 6) is 4.91. The molecule has 4 atom stereocenters. The van der Waals surface area contributed by atoms with Crippen LogP contribution < -0.4 is 5.32 Å². The molecule has 1 heterocycles. The van der Waals surface area contributed by atoms with E-state index in [-0.39, 0.29) is 5.91 Å². The first-order valence-electron chi connectivity index (χ1n) is 7.62. The predicted octanol–water partition coefficient (Wildman–Crippen LogP) is 3.45. The van der Waals surface area contributed by atoms with Crippen LogP contribution in [0.2, 0.25) is 0 Å². The molecule has 3 rings (SSSR count). The Bertz CT molecular complexity index is 445. The number of amides is 1. The first-order valence-corrected chi connectivity index (χ1v) is 8.77. The van der Waals surface area contributed by atoms with Crippen molar-refractivity contribution in [1.29, 1.82) is 0 Å². The molecule has 4 heteroatoms. The van der Waals surface area contributed by atoms with Gasteiger partial charge in [0.15, 0.2) is 0 Å². The molecule has 2 saturated carbocycles. The Labute approximate surface area is 124 Å². The van der Waals surface area contributed by atoms with E-state index in [1.54, 1.807) is 18.0 Å². The fraction of sp³-hybridized carbons (Fsp3) is 0.688. The van der Waals surface area contributed by atoms with Crippen LogP contribution in [0.15, 0.2) is 22.8 Å². The summed E-state index contributed by atoms with van der Waals surface area (Å²) in [6.45, 7) is 2.18. The van der Waals surface area contributed by atoms with Gasteiger partial charge in [-0.2, -0.15) is 0 Å². The van der Waals surface area contributed by atoms with Crippen molar-refractivity contribution < 1.29 is 9.21 Å². The number of rotatable bonds is 6. The molecule has 2 aliphatic carbocycles. The van der Waals surface area contributed by atoms with Crippen molar-refractivity contribution in [1.82, 2.24) is 5.32 Å². The highest BCUT2D eigenvalue weighted by atomic mass is 32.2. The van der Waals surface area contributed by atoms with Gasteiger partial charge < -0.3 is 9.73 Å². The normalized spacial score (nSPS) is 29.6. The lowest BCUT2D eigenvalue weighted by Crippen LogP contribution is -2.40. The van der Waals surface area contributed by atoms with Crippen molar-refractivity contribution in [2.75, 3.05) is 5.75 Å². The minimum atomic E-state index is 0.164. The lowest BCUT2D eigenvalue weighted by molar-refractivity contribution is -0.119. The maximum Gasteiger partial charge on any atom is 0.230 e.